The van der Waals surface area contributed by atoms with Gasteiger partial charge in [-0.15, -0.1) is 0 Å². The van der Waals surface area contributed by atoms with Gasteiger partial charge in [0.2, 0.25) is 0 Å². The van der Waals surface area contributed by atoms with E-state index in [-0.39, 0.29) is 0 Å². The smallest absolute Gasteiger partial charge is 0.0988 e. The van der Waals surface area contributed by atoms with Crippen LogP contribution in [0.15, 0.2) is 30.3 Å². The molecule has 4 bridgehead atoms. The molecule has 31 heavy (non-hydrogen) atoms. The maximum atomic E-state index is 5.72. The number of benzene rings is 2. The minimum Gasteiger partial charge on any atom is -0.373 e. The Morgan fingerprint density at radius 3 is 1.97 bits per heavy atom. The highest BCUT2D eigenvalue weighted by molar-refractivity contribution is 5.71. The van der Waals surface area contributed by atoms with Crippen molar-refractivity contribution in [1.29, 1.82) is 0 Å². The Balaban J connectivity index is 1.43. The van der Waals surface area contributed by atoms with Gasteiger partial charge in [-0.2, -0.15) is 0 Å². The first-order valence-electron chi connectivity index (χ1n) is 11.8. The van der Waals surface area contributed by atoms with Gasteiger partial charge in [-0.1, -0.05) is 12.1 Å². The highest BCUT2D eigenvalue weighted by Gasteiger charge is 2.35. The average Bonchev–Trinajstić information content (AvgIpc) is 3.62. The topological polar surface area (TPSA) is 53.4 Å². The Morgan fingerprint density at radius 1 is 0.710 bits per heavy atom. The maximum absolute atomic E-state index is 5.72. The van der Waals surface area contributed by atoms with E-state index >= 15 is 0 Å². The van der Waals surface area contributed by atoms with E-state index in [0.29, 0.717) is 24.4 Å². The van der Waals surface area contributed by atoms with Crippen molar-refractivity contribution in [2.45, 2.75) is 56.5 Å². The maximum Gasteiger partial charge on any atom is 0.0988 e. The van der Waals surface area contributed by atoms with Crippen LogP contribution < -0.4 is 4.90 Å². The number of nitrogens with zero attached hydrogens (tertiary/aromatic N) is 1. The number of epoxide rings is 4. The molecule has 0 aromatic heterocycles. The fourth-order valence-corrected chi connectivity index (χ4v) is 5.17. The molecule has 8 aliphatic rings. The molecule has 162 valence electrons. The van der Waals surface area contributed by atoms with Crippen molar-refractivity contribution in [1.82, 2.24) is 0 Å². The highest BCUT2D eigenvalue weighted by Crippen LogP contribution is 2.41. The van der Waals surface area contributed by atoms with Gasteiger partial charge in [-0.05, 0) is 58.9 Å². The molecule has 10 rings (SSSR count). The van der Waals surface area contributed by atoms with Crippen LogP contribution in [0.1, 0.15) is 27.8 Å². The van der Waals surface area contributed by atoms with E-state index in [0.717, 1.165) is 65.1 Å². The van der Waals surface area contributed by atoms with Crippen molar-refractivity contribution in [3.8, 4) is 0 Å². The minimum absolute atomic E-state index is 0.319. The molecular weight excluding hydrogens is 390 g/mol. The van der Waals surface area contributed by atoms with E-state index in [9.17, 15) is 0 Å². The van der Waals surface area contributed by atoms with E-state index in [1.165, 1.54) is 39.2 Å². The predicted molar refractivity (Wildman–Crippen MR) is 117 cm³/mol. The van der Waals surface area contributed by atoms with Gasteiger partial charge in [0, 0.05) is 30.6 Å². The molecule has 5 heteroatoms. The summed E-state index contributed by atoms with van der Waals surface area (Å²) in [6, 6.07) is 11.7. The lowest BCUT2D eigenvalue weighted by molar-refractivity contribution is 0.400. The molecule has 2 aromatic carbocycles. The SMILES string of the molecule is c1cc2ccc1CCc1c(CC3CO3)cc(c(CC3CO3)c1CC1CO1)N2CC1CO1. The Bertz CT molecular complexity index is 987. The van der Waals surface area contributed by atoms with Crippen LogP contribution in [-0.2, 0) is 51.1 Å². The molecule has 2 aromatic rings. The Labute approximate surface area is 183 Å². The molecule has 0 spiro atoms. The summed E-state index contributed by atoms with van der Waals surface area (Å²) in [7, 11) is 0. The average molecular weight is 420 g/mol. The summed E-state index contributed by atoms with van der Waals surface area (Å²) in [5.74, 6) is 0. The van der Waals surface area contributed by atoms with Crippen LogP contribution >= 0.6 is 0 Å². The molecule has 4 saturated heterocycles. The van der Waals surface area contributed by atoms with Crippen LogP contribution in [0.25, 0.3) is 0 Å². The molecule has 4 unspecified atom stereocenters. The van der Waals surface area contributed by atoms with Gasteiger partial charge in [0.25, 0.3) is 0 Å². The summed E-state index contributed by atoms with van der Waals surface area (Å²) < 4.78 is 22.8. The Kier molecular flexibility index (Phi) is 4.39. The van der Waals surface area contributed by atoms with Crippen LogP contribution in [0, 0.1) is 0 Å². The fourth-order valence-electron chi connectivity index (χ4n) is 5.17. The van der Waals surface area contributed by atoms with Crippen molar-refractivity contribution < 1.29 is 18.9 Å². The highest BCUT2D eigenvalue weighted by atomic mass is 16.6. The standard InChI is InChI=1S/C26H29NO4/c1-4-18-5-2-16(1)3-6-23-17(7-19-12-28-19)8-26(27(18)11-22-15-31-22)25(10-21-14-30-21)24(23)9-20-13-29-20/h1-2,4-5,8,19-22H,3,6-7,9-15H2. The summed E-state index contributed by atoms with van der Waals surface area (Å²) in [4.78, 5) is 2.50. The summed E-state index contributed by atoms with van der Waals surface area (Å²) >= 11 is 0. The van der Waals surface area contributed by atoms with Crippen molar-refractivity contribution in [3.63, 3.8) is 0 Å². The van der Waals surface area contributed by atoms with E-state index < -0.39 is 0 Å². The first-order chi connectivity index (χ1) is 15.3. The van der Waals surface area contributed by atoms with Crippen molar-refractivity contribution in [2.75, 3.05) is 37.9 Å². The second kappa shape index (κ2) is 7.31. The molecule has 0 aliphatic carbocycles. The van der Waals surface area contributed by atoms with Gasteiger partial charge in [0.15, 0.2) is 0 Å². The zero-order chi connectivity index (χ0) is 20.4. The third-order valence-corrected chi connectivity index (χ3v) is 7.25. The molecule has 8 aliphatic heterocycles. The Hall–Kier alpha value is -1.92. The lowest BCUT2D eigenvalue weighted by Crippen LogP contribution is -2.25. The van der Waals surface area contributed by atoms with Gasteiger partial charge >= 0.3 is 0 Å². The largest absolute Gasteiger partial charge is 0.373 e. The number of ether oxygens (including phenoxy) is 4. The molecule has 5 nitrogen and oxygen atoms in total. The van der Waals surface area contributed by atoms with Crippen LogP contribution in [-0.4, -0.2) is 57.4 Å². The summed E-state index contributed by atoms with van der Waals surface area (Å²) in [5, 5.41) is 0. The van der Waals surface area contributed by atoms with Gasteiger partial charge in [-0.3, -0.25) is 0 Å². The van der Waals surface area contributed by atoms with Crippen LogP contribution in [0.4, 0.5) is 11.4 Å². The summed E-state index contributed by atoms with van der Waals surface area (Å²) in [6.07, 6.45) is 6.60. The zero-order valence-electron chi connectivity index (χ0n) is 17.8. The van der Waals surface area contributed by atoms with Crippen molar-refractivity contribution in [2.24, 2.45) is 0 Å². The fraction of sp³-hybridized carbons (Fsp3) is 0.538. The molecule has 0 N–H and O–H groups in total. The summed E-state index contributed by atoms with van der Waals surface area (Å²) in [6.45, 7) is 4.42. The normalized spacial score (nSPS) is 29.7. The molecular formula is C26H29NO4. The lowest BCUT2D eigenvalue weighted by atomic mass is 9.85. The molecule has 4 fully saturated rings. The summed E-state index contributed by atoms with van der Waals surface area (Å²) in [5.41, 5.74) is 10.0. The number of hydrogen-bond acceptors (Lipinski definition) is 5. The monoisotopic (exact) mass is 419 g/mol. The second-order valence-corrected chi connectivity index (χ2v) is 9.70. The predicted octanol–water partition coefficient (Wildman–Crippen LogP) is 3.15. The van der Waals surface area contributed by atoms with Crippen molar-refractivity contribution >= 4 is 11.4 Å². The number of aryl methyl sites for hydroxylation is 1. The third kappa shape index (κ3) is 4.00. The van der Waals surface area contributed by atoms with E-state index in [1.807, 2.05) is 0 Å². The quantitative estimate of drug-likeness (QED) is 0.616. The Morgan fingerprint density at radius 2 is 1.32 bits per heavy atom. The van der Waals surface area contributed by atoms with Gasteiger partial charge < -0.3 is 23.8 Å². The van der Waals surface area contributed by atoms with Crippen LogP contribution in [0.5, 0.6) is 0 Å². The van der Waals surface area contributed by atoms with Crippen molar-refractivity contribution in [3.05, 3.63) is 58.1 Å². The van der Waals surface area contributed by atoms with Gasteiger partial charge in [-0.25, -0.2) is 0 Å². The van der Waals surface area contributed by atoms with E-state index in [1.54, 1.807) is 0 Å². The molecule has 0 radical (unpaired) electrons. The first kappa shape index (κ1) is 18.6. The van der Waals surface area contributed by atoms with Crippen LogP contribution in [0.3, 0.4) is 0 Å². The van der Waals surface area contributed by atoms with Crippen LogP contribution in [0.2, 0.25) is 0 Å². The molecule has 8 heterocycles. The lowest BCUT2D eigenvalue weighted by Gasteiger charge is -2.30. The van der Waals surface area contributed by atoms with Gasteiger partial charge in [0.1, 0.15) is 0 Å². The number of hydrogen-bond donors (Lipinski definition) is 0. The minimum atomic E-state index is 0.319. The second-order valence-electron chi connectivity index (χ2n) is 9.70. The zero-order valence-corrected chi connectivity index (χ0v) is 17.8. The molecule has 0 saturated carbocycles. The van der Waals surface area contributed by atoms with E-state index in [4.69, 9.17) is 18.9 Å². The third-order valence-electron chi connectivity index (χ3n) is 7.25. The number of anilines is 2. The van der Waals surface area contributed by atoms with E-state index in [2.05, 4.69) is 35.2 Å². The molecule has 0 amide bonds. The number of rotatable bonds is 8. The first-order valence-corrected chi connectivity index (χ1v) is 11.8. The van der Waals surface area contributed by atoms with Gasteiger partial charge in [0.05, 0.1) is 57.4 Å². The molecule has 4 atom stereocenters.